The van der Waals surface area contributed by atoms with Gasteiger partial charge in [-0.15, -0.1) is 13.2 Å². The van der Waals surface area contributed by atoms with Crippen LogP contribution in [0.2, 0.25) is 0 Å². The number of rotatable bonds is 8. The maximum atomic E-state index is 12.1. The molecule has 0 bridgehead atoms. The van der Waals surface area contributed by atoms with Crippen molar-refractivity contribution in [3.63, 3.8) is 0 Å². The molecule has 1 unspecified atom stereocenters. The van der Waals surface area contributed by atoms with Gasteiger partial charge < -0.3 is 14.7 Å². The first kappa shape index (κ1) is 34.7. The van der Waals surface area contributed by atoms with Crippen LogP contribution in [0.15, 0.2) is 49.3 Å². The molecular formula is C31H47F4N3O3. The molecule has 5 rings (SSSR count). The maximum absolute atomic E-state index is 12.1. The average molecular weight is 586 g/mol. The Morgan fingerprint density at radius 1 is 1.05 bits per heavy atom. The number of benzene rings is 1. The second-order valence-electron chi connectivity index (χ2n) is 11.2. The zero-order valence-electron chi connectivity index (χ0n) is 24.5. The molecule has 6 nitrogen and oxygen atoms in total. The molecule has 2 saturated heterocycles. The molecule has 2 saturated carbocycles. The van der Waals surface area contributed by atoms with Crippen molar-refractivity contribution in [2.75, 3.05) is 26.7 Å². The fraction of sp³-hybridized carbons (Fsp3) is 0.677. The van der Waals surface area contributed by atoms with Gasteiger partial charge in [0, 0.05) is 43.7 Å². The van der Waals surface area contributed by atoms with Crippen LogP contribution in [0.25, 0.3) is 0 Å². The summed E-state index contributed by atoms with van der Waals surface area (Å²) in [7, 11) is 1.95. The topological polar surface area (TPSA) is 53.1 Å². The number of ether oxygens (including phenoxy) is 1. The lowest BCUT2D eigenvalue weighted by atomic mass is 9.87. The number of amides is 2. The highest BCUT2D eigenvalue weighted by atomic mass is 19.4. The molecule has 2 heterocycles. The van der Waals surface area contributed by atoms with Gasteiger partial charge in [0.1, 0.15) is 0 Å². The Balaban J connectivity index is 0.000000262. The van der Waals surface area contributed by atoms with Crippen LogP contribution in [0.5, 0.6) is 0 Å². The predicted molar refractivity (Wildman–Crippen MR) is 153 cm³/mol. The summed E-state index contributed by atoms with van der Waals surface area (Å²) in [4.78, 5) is 28.4. The minimum atomic E-state index is -4.53. The molecular weight excluding hydrogens is 538 g/mol. The van der Waals surface area contributed by atoms with Crippen LogP contribution < -0.4 is 0 Å². The molecule has 4 aliphatic rings. The van der Waals surface area contributed by atoms with E-state index in [4.69, 9.17) is 0 Å². The normalized spacial score (nSPS) is 22.7. The zero-order valence-corrected chi connectivity index (χ0v) is 24.5. The first-order chi connectivity index (χ1) is 19.5. The first-order valence-electron chi connectivity index (χ1n) is 14.7. The van der Waals surface area contributed by atoms with E-state index < -0.39 is 12.5 Å². The third kappa shape index (κ3) is 12.5. The van der Waals surface area contributed by atoms with Crippen molar-refractivity contribution in [3.05, 3.63) is 49.3 Å². The summed E-state index contributed by atoms with van der Waals surface area (Å²) in [5.41, 5.74) is 0.377. The quantitative estimate of drug-likeness (QED) is 0.251. The molecule has 2 aliphatic heterocycles. The summed E-state index contributed by atoms with van der Waals surface area (Å²) in [6.45, 7) is 7.54. The lowest BCUT2D eigenvalue weighted by molar-refractivity contribution is -0.354. The predicted octanol–water partition coefficient (Wildman–Crippen LogP) is 6.72. The van der Waals surface area contributed by atoms with E-state index in [1.54, 1.807) is 0 Å². The van der Waals surface area contributed by atoms with Gasteiger partial charge in [0.05, 0.1) is 12.4 Å². The monoisotopic (exact) mass is 585 g/mol. The van der Waals surface area contributed by atoms with E-state index in [0.29, 0.717) is 24.8 Å². The van der Waals surface area contributed by atoms with Crippen LogP contribution in [0.1, 0.15) is 77.6 Å². The van der Waals surface area contributed by atoms with Crippen LogP contribution in [0.4, 0.5) is 17.6 Å². The summed E-state index contributed by atoms with van der Waals surface area (Å²) in [5.74, 6) is 0.236. The van der Waals surface area contributed by atoms with Crippen LogP contribution in [0.3, 0.4) is 0 Å². The van der Waals surface area contributed by atoms with Crippen LogP contribution >= 0.6 is 0 Å². The van der Waals surface area contributed by atoms with Gasteiger partial charge in [0.2, 0.25) is 12.3 Å². The molecule has 1 aromatic carbocycles. The van der Waals surface area contributed by atoms with Crippen molar-refractivity contribution in [2.45, 2.75) is 108 Å². The molecule has 2 amide bonds. The molecule has 10 heteroatoms. The average Bonchev–Trinajstić information content (AvgIpc) is 3.31. The molecule has 2 aliphatic carbocycles. The molecule has 0 radical (unpaired) electrons. The van der Waals surface area contributed by atoms with Gasteiger partial charge in [-0.25, -0.2) is 4.39 Å². The summed E-state index contributed by atoms with van der Waals surface area (Å²) in [5, 5.41) is 0. The highest BCUT2D eigenvalue weighted by Crippen LogP contribution is 2.48. The van der Waals surface area contributed by atoms with Crippen LogP contribution in [-0.4, -0.2) is 83.8 Å². The molecule has 1 spiro atoms. The number of carbonyl (C=O) groups excluding carboxylic acids is 2. The van der Waals surface area contributed by atoms with Crippen molar-refractivity contribution in [2.24, 2.45) is 0 Å². The number of halogens is 4. The third-order valence-corrected chi connectivity index (χ3v) is 8.38. The lowest BCUT2D eigenvalue weighted by Crippen LogP contribution is -2.50. The summed E-state index contributed by atoms with van der Waals surface area (Å²) in [6.07, 6.45) is 6.36. The molecule has 1 atom stereocenters. The second kappa shape index (κ2) is 17.5. The van der Waals surface area contributed by atoms with E-state index in [1.165, 1.54) is 25.7 Å². The van der Waals surface area contributed by atoms with Gasteiger partial charge in [0.25, 0.3) is 0 Å². The van der Waals surface area contributed by atoms with Crippen molar-refractivity contribution in [1.82, 2.24) is 14.7 Å². The Kier molecular flexibility index (Phi) is 14.8. The molecule has 0 N–H and O–H groups in total. The molecule has 4 fully saturated rings. The number of nitrogens with zero attached hydrogens (tertiary/aromatic N) is 3. The maximum Gasteiger partial charge on any atom is 0.522 e. The Morgan fingerprint density at radius 3 is 2.02 bits per heavy atom. The second-order valence-corrected chi connectivity index (χ2v) is 11.2. The van der Waals surface area contributed by atoms with Gasteiger partial charge in [-0.3, -0.25) is 14.3 Å². The fourth-order valence-electron chi connectivity index (χ4n) is 5.58. The number of alkyl halides is 3. The van der Waals surface area contributed by atoms with Gasteiger partial charge in [-0.2, -0.15) is 0 Å². The van der Waals surface area contributed by atoms with E-state index >= 15 is 0 Å². The minimum absolute atomic E-state index is 0.145. The van der Waals surface area contributed by atoms with E-state index in [2.05, 4.69) is 23.1 Å². The molecule has 41 heavy (non-hydrogen) atoms. The van der Waals surface area contributed by atoms with Crippen molar-refractivity contribution < 1.29 is 31.9 Å². The number of hydrogen-bond acceptors (Lipinski definition) is 4. The van der Waals surface area contributed by atoms with E-state index in [1.807, 2.05) is 53.2 Å². The number of likely N-dealkylation sites (tertiary alicyclic amines) is 2. The van der Waals surface area contributed by atoms with Crippen molar-refractivity contribution in [3.8, 4) is 0 Å². The van der Waals surface area contributed by atoms with Crippen molar-refractivity contribution in [1.29, 1.82) is 0 Å². The largest absolute Gasteiger partial charge is 0.522 e. The molecule has 1 aromatic rings. The summed E-state index contributed by atoms with van der Waals surface area (Å²) in [6, 6.07) is 12.4. The highest BCUT2D eigenvalue weighted by molar-refractivity contribution is 5.76. The lowest BCUT2D eigenvalue weighted by Gasteiger charge is -2.43. The Bertz CT molecular complexity index is 860. The fourth-order valence-corrected chi connectivity index (χ4v) is 5.58. The first-order valence-corrected chi connectivity index (χ1v) is 14.7. The van der Waals surface area contributed by atoms with E-state index in [0.717, 1.165) is 51.7 Å². The summed E-state index contributed by atoms with van der Waals surface area (Å²) >= 11 is 0. The van der Waals surface area contributed by atoms with E-state index in [-0.39, 0.29) is 24.3 Å². The van der Waals surface area contributed by atoms with Crippen molar-refractivity contribution >= 4 is 12.3 Å². The van der Waals surface area contributed by atoms with Gasteiger partial charge >= 0.3 is 6.36 Å². The standard InChI is InChI=1S/C16H27F3N2O2.C7H11NO.C6H6.C2H3F/c1-12(6-5-7-15(22)21-8-3-4-9-21)20(2)13-10-14(11-13)23-16(17,18)19;9-6-8-5-1-2-7(8)3-4-7;1-2-4-6-5-3-1;1-2-3/h12-14H,3-11H2,1-2H3;6H,1-5H2;1-6H;2H,1H2. The minimum Gasteiger partial charge on any atom is -0.343 e. The smallest absolute Gasteiger partial charge is 0.343 e. The Morgan fingerprint density at radius 2 is 1.59 bits per heavy atom. The third-order valence-electron chi connectivity index (χ3n) is 8.38. The Labute approximate surface area is 242 Å². The van der Waals surface area contributed by atoms with Gasteiger partial charge in [0.15, 0.2) is 0 Å². The SMILES string of the molecule is C=CF.CC(CCCC(=O)N1CCCC1)N(C)C1CC(OC(F)(F)F)C1.O=CN1CCCC12CC2.c1ccccc1. The van der Waals surface area contributed by atoms with Gasteiger partial charge in [-0.1, -0.05) is 43.0 Å². The molecule has 232 valence electrons. The van der Waals surface area contributed by atoms with Gasteiger partial charge in [-0.05, 0) is 78.2 Å². The highest BCUT2D eigenvalue weighted by Gasteiger charge is 2.50. The molecule has 0 aromatic heterocycles. The van der Waals surface area contributed by atoms with Crippen LogP contribution in [-0.2, 0) is 14.3 Å². The number of carbonyl (C=O) groups is 2. The van der Waals surface area contributed by atoms with E-state index in [9.17, 15) is 27.2 Å². The number of hydrogen-bond donors (Lipinski definition) is 0. The van der Waals surface area contributed by atoms with Crippen LogP contribution in [0, 0.1) is 0 Å². The Hall–Kier alpha value is -2.46. The summed E-state index contributed by atoms with van der Waals surface area (Å²) < 4.78 is 50.4. The zero-order chi connectivity index (χ0) is 30.3.